The summed E-state index contributed by atoms with van der Waals surface area (Å²) >= 11 is 0. The third kappa shape index (κ3) is 4.41. The van der Waals surface area contributed by atoms with Crippen molar-refractivity contribution in [2.45, 2.75) is 77.5 Å². The van der Waals surface area contributed by atoms with Gasteiger partial charge in [-0.25, -0.2) is 9.78 Å². The van der Waals surface area contributed by atoms with E-state index in [1.807, 2.05) is 23.1 Å². The summed E-state index contributed by atoms with van der Waals surface area (Å²) in [6.45, 7) is 8.08. The van der Waals surface area contributed by atoms with Crippen LogP contribution in [-0.2, 0) is 29.1 Å². The Morgan fingerprint density at radius 1 is 1.05 bits per heavy atom. The highest BCUT2D eigenvalue weighted by Crippen LogP contribution is 2.39. The number of piperidine rings is 2. The zero-order valence-corrected chi connectivity index (χ0v) is 23.8. The van der Waals surface area contributed by atoms with Crippen LogP contribution in [0.1, 0.15) is 74.1 Å². The number of hydrogen-bond acceptors (Lipinski definition) is 7. The predicted octanol–water partition coefficient (Wildman–Crippen LogP) is 4.60. The minimum atomic E-state index is -0.486. The Balaban J connectivity index is 1.14. The lowest BCUT2D eigenvalue weighted by atomic mass is 9.93. The molecule has 6 heterocycles. The van der Waals surface area contributed by atoms with Gasteiger partial charge in [-0.3, -0.25) is 9.59 Å². The second-order valence-corrected chi connectivity index (χ2v) is 11.8. The van der Waals surface area contributed by atoms with Gasteiger partial charge in [0.1, 0.15) is 12.4 Å². The summed E-state index contributed by atoms with van der Waals surface area (Å²) in [4.78, 5) is 48.1. The number of pyridine rings is 2. The van der Waals surface area contributed by atoms with Crippen molar-refractivity contribution in [2.75, 3.05) is 26.2 Å². The molecule has 9 heteroatoms. The van der Waals surface area contributed by atoms with Crippen LogP contribution in [0.4, 0.5) is 4.79 Å². The molecule has 4 aliphatic rings. The Morgan fingerprint density at radius 3 is 2.59 bits per heavy atom. The molecular formula is C32H36N4O5. The first kappa shape index (κ1) is 26.2. The molecule has 2 fully saturated rings. The van der Waals surface area contributed by atoms with E-state index >= 15 is 0 Å². The summed E-state index contributed by atoms with van der Waals surface area (Å²) in [5.74, 6) is -0.292. The van der Waals surface area contributed by atoms with Crippen LogP contribution in [-0.4, -0.2) is 63.6 Å². The van der Waals surface area contributed by atoms with Gasteiger partial charge in [-0.1, -0.05) is 13.3 Å². The molecule has 1 amide bonds. The number of aromatic nitrogens is 2. The van der Waals surface area contributed by atoms with Crippen LogP contribution in [0.5, 0.6) is 5.75 Å². The Morgan fingerprint density at radius 2 is 1.83 bits per heavy atom. The highest BCUT2D eigenvalue weighted by Gasteiger charge is 2.34. The summed E-state index contributed by atoms with van der Waals surface area (Å²) in [6, 6.07) is 8.10. The Hall–Kier alpha value is -3.72. The standard InChI is InChI=1S/C32H36N4O5/c1-3-22-24-15-21(41-32(39)35-13-9-20(10-14-35)34-11-5-4-6-12-34)7-8-27(24)33-29-25(22)17-36-28(29)16-23-19(2)31(38)40-18-26(23)30(36)37/h7-8,15-16,19-20H,3-6,9-14,17-18H2,1-2H3/t19-/m0/s1. The number of carbonyl (C=O) groups is 2. The van der Waals surface area contributed by atoms with E-state index in [9.17, 15) is 14.4 Å². The maximum Gasteiger partial charge on any atom is 0.415 e. The van der Waals surface area contributed by atoms with Crippen LogP contribution in [0.2, 0.25) is 0 Å². The molecule has 7 rings (SSSR count). The van der Waals surface area contributed by atoms with Crippen molar-refractivity contribution in [3.8, 4) is 17.1 Å². The van der Waals surface area contributed by atoms with E-state index in [4.69, 9.17) is 14.5 Å². The number of ether oxygens (including phenoxy) is 2. The molecule has 0 bridgehead atoms. The number of fused-ring (bicyclic) bond motifs is 5. The molecule has 0 aliphatic carbocycles. The summed E-state index contributed by atoms with van der Waals surface area (Å²) in [7, 11) is 0. The molecule has 9 nitrogen and oxygen atoms in total. The molecule has 0 unspecified atom stereocenters. The van der Waals surface area contributed by atoms with Gasteiger partial charge >= 0.3 is 12.1 Å². The summed E-state index contributed by atoms with van der Waals surface area (Å²) in [6.07, 6.45) is 6.31. The van der Waals surface area contributed by atoms with Crippen molar-refractivity contribution in [1.29, 1.82) is 0 Å². The zero-order chi connectivity index (χ0) is 28.2. The SMILES string of the molecule is CCc1c2c(nc3ccc(OC(=O)N4CCC(N5CCCCC5)CC4)cc13)-c1cc3c(c(=O)n1C2)COC(=O)[C@H]3C. The van der Waals surface area contributed by atoms with Gasteiger partial charge in [-0.15, -0.1) is 0 Å². The van der Waals surface area contributed by atoms with Gasteiger partial charge < -0.3 is 23.8 Å². The maximum atomic E-state index is 13.4. The van der Waals surface area contributed by atoms with E-state index in [1.54, 1.807) is 17.6 Å². The quantitative estimate of drug-likeness (QED) is 0.341. The molecule has 1 aromatic carbocycles. The van der Waals surface area contributed by atoms with Gasteiger partial charge in [0.25, 0.3) is 5.56 Å². The summed E-state index contributed by atoms with van der Waals surface area (Å²) < 4.78 is 12.9. The number of cyclic esters (lactones) is 1. The topological polar surface area (TPSA) is 94.0 Å². The minimum absolute atomic E-state index is 0.00859. The third-order valence-corrected chi connectivity index (χ3v) is 9.54. The second kappa shape index (κ2) is 10.3. The molecular weight excluding hydrogens is 520 g/mol. The minimum Gasteiger partial charge on any atom is -0.460 e. The molecule has 0 saturated carbocycles. The molecule has 41 heavy (non-hydrogen) atoms. The molecule has 2 aromatic heterocycles. The maximum absolute atomic E-state index is 13.4. The average molecular weight is 557 g/mol. The fourth-order valence-corrected chi connectivity index (χ4v) is 7.21. The third-order valence-electron chi connectivity index (χ3n) is 9.54. The summed E-state index contributed by atoms with van der Waals surface area (Å²) in [5, 5.41) is 0.929. The second-order valence-electron chi connectivity index (χ2n) is 11.8. The zero-order valence-electron chi connectivity index (χ0n) is 23.8. The number of likely N-dealkylation sites (tertiary alicyclic amines) is 2. The summed E-state index contributed by atoms with van der Waals surface area (Å²) in [5.41, 5.74) is 5.55. The first-order chi connectivity index (χ1) is 19.9. The Kier molecular flexibility index (Phi) is 6.57. The number of nitrogens with zero attached hydrogens (tertiary/aromatic N) is 4. The molecule has 3 aromatic rings. The molecule has 0 radical (unpaired) electrons. The highest BCUT2D eigenvalue weighted by molar-refractivity contribution is 5.90. The fraction of sp³-hybridized carbons (Fsp3) is 0.500. The van der Waals surface area contributed by atoms with E-state index in [-0.39, 0.29) is 24.2 Å². The lowest BCUT2D eigenvalue weighted by Crippen LogP contribution is -2.48. The van der Waals surface area contributed by atoms with Gasteiger partial charge in [0.2, 0.25) is 0 Å². The van der Waals surface area contributed by atoms with Crippen molar-refractivity contribution in [3.05, 3.63) is 56.9 Å². The van der Waals surface area contributed by atoms with Crippen LogP contribution in [0, 0.1) is 0 Å². The van der Waals surface area contributed by atoms with Crippen LogP contribution in [0.3, 0.4) is 0 Å². The van der Waals surface area contributed by atoms with Crippen LogP contribution in [0.25, 0.3) is 22.3 Å². The monoisotopic (exact) mass is 556 g/mol. The van der Waals surface area contributed by atoms with Crippen molar-refractivity contribution in [2.24, 2.45) is 0 Å². The molecule has 4 aliphatic heterocycles. The number of benzene rings is 1. The van der Waals surface area contributed by atoms with Crippen molar-refractivity contribution in [3.63, 3.8) is 0 Å². The normalized spacial score (nSPS) is 20.9. The van der Waals surface area contributed by atoms with Crippen LogP contribution < -0.4 is 10.3 Å². The van der Waals surface area contributed by atoms with E-state index in [0.29, 0.717) is 23.9 Å². The number of rotatable bonds is 3. The molecule has 1 atom stereocenters. The highest BCUT2D eigenvalue weighted by atomic mass is 16.6. The van der Waals surface area contributed by atoms with Gasteiger partial charge in [0, 0.05) is 30.1 Å². The molecule has 2 saturated heterocycles. The van der Waals surface area contributed by atoms with Gasteiger partial charge in [-0.2, -0.15) is 0 Å². The van der Waals surface area contributed by atoms with Crippen LogP contribution in [0.15, 0.2) is 29.1 Å². The first-order valence-electron chi connectivity index (χ1n) is 15.0. The molecule has 0 spiro atoms. The van der Waals surface area contributed by atoms with Crippen molar-refractivity contribution < 1.29 is 19.1 Å². The van der Waals surface area contributed by atoms with E-state index < -0.39 is 5.92 Å². The average Bonchev–Trinajstić information content (AvgIpc) is 3.37. The largest absolute Gasteiger partial charge is 0.460 e. The van der Waals surface area contributed by atoms with E-state index in [2.05, 4.69) is 11.8 Å². The van der Waals surface area contributed by atoms with Crippen molar-refractivity contribution in [1.82, 2.24) is 19.4 Å². The lowest BCUT2D eigenvalue weighted by Gasteiger charge is -2.39. The number of aryl methyl sites for hydroxylation is 1. The van der Waals surface area contributed by atoms with E-state index in [1.165, 1.54) is 32.4 Å². The van der Waals surface area contributed by atoms with Gasteiger partial charge in [0.05, 0.1) is 34.9 Å². The Labute approximate surface area is 239 Å². The number of amides is 1. The van der Waals surface area contributed by atoms with Gasteiger partial charge in [0.15, 0.2) is 0 Å². The number of carbonyl (C=O) groups excluding carboxylic acids is 2. The van der Waals surface area contributed by atoms with Crippen molar-refractivity contribution >= 4 is 23.0 Å². The Bertz CT molecular complexity index is 1610. The first-order valence-corrected chi connectivity index (χ1v) is 15.0. The molecule has 214 valence electrons. The smallest absolute Gasteiger partial charge is 0.415 e. The number of esters is 1. The number of hydrogen-bond donors (Lipinski definition) is 0. The van der Waals surface area contributed by atoms with Gasteiger partial charge in [-0.05, 0) is 87.5 Å². The predicted molar refractivity (Wildman–Crippen MR) is 154 cm³/mol. The molecule has 0 N–H and O–H groups in total. The lowest BCUT2D eigenvalue weighted by molar-refractivity contribution is -0.147. The van der Waals surface area contributed by atoms with Crippen LogP contribution >= 0.6 is 0 Å². The van der Waals surface area contributed by atoms with E-state index in [0.717, 1.165) is 71.3 Å². The fourth-order valence-electron chi connectivity index (χ4n) is 7.21.